The molecule has 3 nitrogen and oxygen atoms in total. The molecule has 0 bridgehead atoms. The van der Waals surface area contributed by atoms with Crippen LogP contribution in [-0.2, 0) is 6.42 Å². The predicted octanol–water partition coefficient (Wildman–Crippen LogP) is 1.38. The Labute approximate surface area is 92.4 Å². The van der Waals surface area contributed by atoms with E-state index in [0.29, 0.717) is 11.8 Å². The van der Waals surface area contributed by atoms with Crippen molar-refractivity contribution in [3.8, 4) is 0 Å². The Balaban J connectivity index is 2.10. The summed E-state index contributed by atoms with van der Waals surface area (Å²) in [4.78, 5) is 3.20. The van der Waals surface area contributed by atoms with Gasteiger partial charge in [-0.2, -0.15) is 0 Å². The topological polar surface area (TPSA) is 53.8 Å². The van der Waals surface area contributed by atoms with Gasteiger partial charge in [-0.3, -0.25) is 0 Å². The normalized spacial score (nSPS) is 13.3. The number of hydrogen-bond acceptors (Lipinski definition) is 2. The average Bonchev–Trinajstić information content (AvgIpc) is 2.70. The second kappa shape index (κ2) is 6.64. The summed E-state index contributed by atoms with van der Waals surface area (Å²) in [5.74, 6) is 1.25. The molecule has 0 amide bonds. The molecule has 0 aromatic carbocycles. The van der Waals surface area contributed by atoms with Crippen LogP contribution in [0.25, 0.3) is 0 Å². The van der Waals surface area contributed by atoms with E-state index < -0.39 is 0 Å². The SMILES string of the molecule is CC(C)C(CN)CNCCc1ccc[nH]1. The number of aromatic amines is 1. The molecule has 1 atom stereocenters. The van der Waals surface area contributed by atoms with E-state index in [-0.39, 0.29) is 0 Å². The van der Waals surface area contributed by atoms with E-state index in [0.717, 1.165) is 26.1 Å². The van der Waals surface area contributed by atoms with Crippen molar-refractivity contribution in [1.82, 2.24) is 10.3 Å². The van der Waals surface area contributed by atoms with Crippen molar-refractivity contribution >= 4 is 0 Å². The first kappa shape index (κ1) is 12.3. The van der Waals surface area contributed by atoms with Gasteiger partial charge in [-0.1, -0.05) is 13.8 Å². The Morgan fingerprint density at radius 2 is 2.27 bits per heavy atom. The fraction of sp³-hybridized carbons (Fsp3) is 0.667. The molecule has 1 aromatic heterocycles. The van der Waals surface area contributed by atoms with E-state index in [2.05, 4.69) is 30.2 Å². The van der Waals surface area contributed by atoms with Crippen molar-refractivity contribution in [2.45, 2.75) is 20.3 Å². The van der Waals surface area contributed by atoms with Crippen LogP contribution in [-0.4, -0.2) is 24.6 Å². The molecule has 0 aliphatic rings. The number of H-pyrrole nitrogens is 1. The zero-order valence-corrected chi connectivity index (χ0v) is 9.79. The molecule has 0 saturated heterocycles. The summed E-state index contributed by atoms with van der Waals surface area (Å²) in [5, 5.41) is 3.46. The highest BCUT2D eigenvalue weighted by atomic mass is 14.9. The lowest BCUT2D eigenvalue weighted by Crippen LogP contribution is -2.32. The van der Waals surface area contributed by atoms with Crippen molar-refractivity contribution < 1.29 is 0 Å². The van der Waals surface area contributed by atoms with Crippen molar-refractivity contribution in [3.05, 3.63) is 24.0 Å². The van der Waals surface area contributed by atoms with Gasteiger partial charge >= 0.3 is 0 Å². The Kier molecular flexibility index (Phi) is 5.43. The fourth-order valence-corrected chi connectivity index (χ4v) is 1.62. The first-order chi connectivity index (χ1) is 7.24. The second-order valence-corrected chi connectivity index (χ2v) is 4.39. The van der Waals surface area contributed by atoms with Gasteiger partial charge in [0.15, 0.2) is 0 Å². The van der Waals surface area contributed by atoms with Crippen molar-refractivity contribution in [1.29, 1.82) is 0 Å². The van der Waals surface area contributed by atoms with Gasteiger partial charge in [0.1, 0.15) is 0 Å². The standard InChI is InChI=1S/C12H23N3/c1-10(2)11(8-13)9-14-7-5-12-4-3-6-15-12/h3-4,6,10-11,14-15H,5,7-9,13H2,1-2H3. The van der Waals surface area contributed by atoms with Gasteiger partial charge in [0.2, 0.25) is 0 Å². The van der Waals surface area contributed by atoms with Crippen LogP contribution in [0.3, 0.4) is 0 Å². The van der Waals surface area contributed by atoms with Gasteiger partial charge in [-0.25, -0.2) is 0 Å². The molecule has 1 rings (SSSR count). The maximum absolute atomic E-state index is 5.70. The smallest absolute Gasteiger partial charge is 0.0159 e. The molecule has 0 fully saturated rings. The van der Waals surface area contributed by atoms with Crippen LogP contribution in [0.15, 0.2) is 18.3 Å². The van der Waals surface area contributed by atoms with E-state index in [1.807, 2.05) is 12.3 Å². The van der Waals surface area contributed by atoms with E-state index in [1.165, 1.54) is 5.69 Å². The Morgan fingerprint density at radius 1 is 1.47 bits per heavy atom. The maximum atomic E-state index is 5.70. The first-order valence-electron chi connectivity index (χ1n) is 5.77. The molecule has 0 aliphatic heterocycles. The largest absolute Gasteiger partial charge is 0.365 e. The molecule has 3 heteroatoms. The molecule has 0 radical (unpaired) electrons. The van der Waals surface area contributed by atoms with Gasteiger partial charge < -0.3 is 16.0 Å². The lowest BCUT2D eigenvalue weighted by Gasteiger charge is -2.19. The minimum absolute atomic E-state index is 0.591. The third-order valence-electron chi connectivity index (χ3n) is 2.89. The average molecular weight is 209 g/mol. The summed E-state index contributed by atoms with van der Waals surface area (Å²) >= 11 is 0. The van der Waals surface area contributed by atoms with Crippen LogP contribution in [0.1, 0.15) is 19.5 Å². The summed E-state index contributed by atoms with van der Waals surface area (Å²) in [6.45, 7) is 7.26. The van der Waals surface area contributed by atoms with Crippen LogP contribution >= 0.6 is 0 Å². The highest BCUT2D eigenvalue weighted by Crippen LogP contribution is 2.07. The zero-order valence-electron chi connectivity index (χ0n) is 9.79. The number of nitrogens with one attached hydrogen (secondary N) is 2. The van der Waals surface area contributed by atoms with Crippen LogP contribution in [0, 0.1) is 11.8 Å². The van der Waals surface area contributed by atoms with E-state index in [4.69, 9.17) is 5.73 Å². The van der Waals surface area contributed by atoms with E-state index >= 15 is 0 Å². The van der Waals surface area contributed by atoms with Crippen molar-refractivity contribution in [2.75, 3.05) is 19.6 Å². The van der Waals surface area contributed by atoms with Gasteiger partial charge in [-0.15, -0.1) is 0 Å². The number of rotatable bonds is 7. The Bertz CT molecular complexity index is 241. The summed E-state index contributed by atoms with van der Waals surface area (Å²) in [5.41, 5.74) is 6.99. The summed E-state index contributed by atoms with van der Waals surface area (Å²) in [7, 11) is 0. The third-order valence-corrected chi connectivity index (χ3v) is 2.89. The van der Waals surface area contributed by atoms with Crippen LogP contribution in [0.5, 0.6) is 0 Å². The number of hydrogen-bond donors (Lipinski definition) is 3. The molecular formula is C12H23N3. The van der Waals surface area contributed by atoms with E-state index in [9.17, 15) is 0 Å². The minimum Gasteiger partial charge on any atom is -0.365 e. The molecule has 1 heterocycles. The third kappa shape index (κ3) is 4.49. The number of nitrogens with two attached hydrogens (primary N) is 1. The van der Waals surface area contributed by atoms with Crippen LogP contribution < -0.4 is 11.1 Å². The van der Waals surface area contributed by atoms with Crippen molar-refractivity contribution in [2.24, 2.45) is 17.6 Å². The lowest BCUT2D eigenvalue weighted by atomic mass is 9.96. The highest BCUT2D eigenvalue weighted by molar-refractivity contribution is 5.03. The van der Waals surface area contributed by atoms with Gasteiger partial charge in [-0.05, 0) is 43.5 Å². The van der Waals surface area contributed by atoms with Crippen LogP contribution in [0.2, 0.25) is 0 Å². The lowest BCUT2D eigenvalue weighted by molar-refractivity contribution is 0.372. The minimum atomic E-state index is 0.591. The van der Waals surface area contributed by atoms with E-state index in [1.54, 1.807) is 0 Å². The first-order valence-corrected chi connectivity index (χ1v) is 5.77. The predicted molar refractivity (Wildman–Crippen MR) is 64.7 cm³/mol. The van der Waals surface area contributed by atoms with Crippen molar-refractivity contribution in [3.63, 3.8) is 0 Å². The summed E-state index contributed by atoms with van der Waals surface area (Å²) < 4.78 is 0. The molecule has 0 spiro atoms. The summed E-state index contributed by atoms with van der Waals surface area (Å²) in [6, 6.07) is 4.15. The molecule has 4 N–H and O–H groups in total. The van der Waals surface area contributed by atoms with Crippen LogP contribution in [0.4, 0.5) is 0 Å². The number of aromatic nitrogens is 1. The Hall–Kier alpha value is -0.800. The molecule has 0 aliphatic carbocycles. The highest BCUT2D eigenvalue weighted by Gasteiger charge is 2.09. The zero-order chi connectivity index (χ0) is 11.1. The quantitative estimate of drug-likeness (QED) is 0.594. The maximum Gasteiger partial charge on any atom is 0.0159 e. The molecular weight excluding hydrogens is 186 g/mol. The molecule has 1 unspecified atom stereocenters. The molecule has 1 aromatic rings. The van der Waals surface area contributed by atoms with Gasteiger partial charge in [0.05, 0.1) is 0 Å². The Morgan fingerprint density at radius 3 is 2.80 bits per heavy atom. The van der Waals surface area contributed by atoms with Gasteiger partial charge in [0, 0.05) is 18.4 Å². The van der Waals surface area contributed by atoms with Gasteiger partial charge in [0.25, 0.3) is 0 Å². The second-order valence-electron chi connectivity index (χ2n) is 4.39. The monoisotopic (exact) mass is 209 g/mol. The molecule has 15 heavy (non-hydrogen) atoms. The summed E-state index contributed by atoms with van der Waals surface area (Å²) in [6.07, 6.45) is 3.02. The molecule has 0 saturated carbocycles. The molecule has 86 valence electrons. The fourth-order valence-electron chi connectivity index (χ4n) is 1.62.